The van der Waals surface area contributed by atoms with E-state index in [0.29, 0.717) is 6.54 Å². The zero-order valence-electron chi connectivity index (χ0n) is 11.8. The molecule has 0 saturated heterocycles. The maximum atomic E-state index is 5.17. The van der Waals surface area contributed by atoms with Crippen LogP contribution in [0.4, 0.5) is 0 Å². The van der Waals surface area contributed by atoms with E-state index in [4.69, 9.17) is 4.52 Å². The predicted molar refractivity (Wildman–Crippen MR) is 71.6 cm³/mol. The number of likely N-dealkylation sites (N-methyl/N-ethyl adjacent to an activating group) is 1. The molecular formula is C13H21N5O. The number of nitrogens with zero attached hydrogens (tertiary/aromatic N) is 5. The van der Waals surface area contributed by atoms with Crippen molar-refractivity contribution in [1.29, 1.82) is 0 Å². The molecule has 0 spiro atoms. The average molecular weight is 263 g/mol. The highest BCUT2D eigenvalue weighted by Gasteiger charge is 2.08. The van der Waals surface area contributed by atoms with Gasteiger partial charge in [0.15, 0.2) is 5.82 Å². The summed E-state index contributed by atoms with van der Waals surface area (Å²) in [6, 6.07) is 2.01. The molecule has 2 aromatic heterocycles. The van der Waals surface area contributed by atoms with Crippen LogP contribution >= 0.6 is 0 Å². The van der Waals surface area contributed by atoms with Crippen LogP contribution in [0, 0.1) is 6.92 Å². The van der Waals surface area contributed by atoms with Crippen LogP contribution in [-0.2, 0) is 19.5 Å². The Labute approximate surface area is 113 Å². The monoisotopic (exact) mass is 263 g/mol. The maximum Gasteiger partial charge on any atom is 0.226 e. The third-order valence-corrected chi connectivity index (χ3v) is 2.87. The van der Waals surface area contributed by atoms with E-state index in [0.717, 1.165) is 43.3 Å². The van der Waals surface area contributed by atoms with Gasteiger partial charge in [0.1, 0.15) is 0 Å². The van der Waals surface area contributed by atoms with E-state index >= 15 is 0 Å². The molecule has 0 radical (unpaired) electrons. The Morgan fingerprint density at radius 3 is 2.95 bits per heavy atom. The first-order valence-electron chi connectivity index (χ1n) is 6.67. The van der Waals surface area contributed by atoms with Gasteiger partial charge in [0.05, 0.1) is 18.8 Å². The second-order valence-corrected chi connectivity index (χ2v) is 4.81. The van der Waals surface area contributed by atoms with E-state index in [1.165, 1.54) is 0 Å². The van der Waals surface area contributed by atoms with Crippen molar-refractivity contribution < 1.29 is 4.52 Å². The van der Waals surface area contributed by atoms with Gasteiger partial charge < -0.3 is 4.52 Å². The smallest absolute Gasteiger partial charge is 0.226 e. The molecule has 0 amide bonds. The summed E-state index contributed by atoms with van der Waals surface area (Å²) >= 11 is 0. The van der Waals surface area contributed by atoms with E-state index in [-0.39, 0.29) is 0 Å². The summed E-state index contributed by atoms with van der Waals surface area (Å²) in [4.78, 5) is 6.52. The molecule has 0 bridgehead atoms. The molecule has 0 N–H and O–H groups in total. The van der Waals surface area contributed by atoms with Crippen molar-refractivity contribution in [3.63, 3.8) is 0 Å². The van der Waals surface area contributed by atoms with Gasteiger partial charge in [0.25, 0.3) is 0 Å². The van der Waals surface area contributed by atoms with Crippen molar-refractivity contribution >= 4 is 0 Å². The first-order chi connectivity index (χ1) is 9.17. The van der Waals surface area contributed by atoms with E-state index < -0.39 is 0 Å². The van der Waals surface area contributed by atoms with E-state index in [1.54, 1.807) is 0 Å². The van der Waals surface area contributed by atoms with Gasteiger partial charge in [-0.1, -0.05) is 12.1 Å². The van der Waals surface area contributed by atoms with Gasteiger partial charge in [-0.2, -0.15) is 10.1 Å². The quantitative estimate of drug-likeness (QED) is 0.760. The Morgan fingerprint density at radius 1 is 1.42 bits per heavy atom. The van der Waals surface area contributed by atoms with Crippen LogP contribution in [-0.4, -0.2) is 38.4 Å². The standard InChI is InChI=1S/C13H21N5O/c1-4-5-13-14-12(16-19-13)10-17(3)8-9-18-7-6-11(2)15-18/h6-7H,4-5,8-10H2,1-3H3. The highest BCUT2D eigenvalue weighted by molar-refractivity contribution is 4.94. The third kappa shape index (κ3) is 4.17. The van der Waals surface area contributed by atoms with E-state index in [9.17, 15) is 0 Å². The lowest BCUT2D eigenvalue weighted by atomic mass is 10.3. The number of hydrogen-bond acceptors (Lipinski definition) is 5. The lowest BCUT2D eigenvalue weighted by Gasteiger charge is -2.13. The summed E-state index contributed by atoms with van der Waals surface area (Å²) in [6.07, 6.45) is 3.87. The summed E-state index contributed by atoms with van der Waals surface area (Å²) in [5.74, 6) is 1.48. The van der Waals surface area contributed by atoms with Crippen LogP contribution in [0.1, 0.15) is 30.8 Å². The second-order valence-electron chi connectivity index (χ2n) is 4.81. The summed E-state index contributed by atoms with van der Waals surface area (Å²) in [7, 11) is 2.05. The van der Waals surface area contributed by atoms with E-state index in [1.807, 2.05) is 30.9 Å². The third-order valence-electron chi connectivity index (χ3n) is 2.87. The largest absolute Gasteiger partial charge is 0.339 e. The second kappa shape index (κ2) is 6.47. The molecule has 2 rings (SSSR count). The van der Waals surface area contributed by atoms with Crippen molar-refractivity contribution in [3.8, 4) is 0 Å². The fourth-order valence-corrected chi connectivity index (χ4v) is 1.85. The van der Waals surface area contributed by atoms with Gasteiger partial charge in [-0.05, 0) is 26.5 Å². The van der Waals surface area contributed by atoms with Crippen LogP contribution in [0.5, 0.6) is 0 Å². The lowest BCUT2D eigenvalue weighted by Crippen LogP contribution is -2.23. The first-order valence-corrected chi connectivity index (χ1v) is 6.67. The zero-order valence-corrected chi connectivity index (χ0v) is 11.8. The molecule has 0 atom stereocenters. The fraction of sp³-hybridized carbons (Fsp3) is 0.615. The molecule has 0 aliphatic heterocycles. The van der Waals surface area contributed by atoms with Gasteiger partial charge in [-0.25, -0.2) is 0 Å². The highest BCUT2D eigenvalue weighted by atomic mass is 16.5. The molecule has 6 heteroatoms. The molecule has 0 aliphatic rings. The average Bonchev–Trinajstić information content (AvgIpc) is 2.97. The normalized spacial score (nSPS) is 11.4. The molecule has 0 fully saturated rings. The summed E-state index contributed by atoms with van der Waals surface area (Å²) in [5, 5.41) is 8.34. The zero-order chi connectivity index (χ0) is 13.7. The SMILES string of the molecule is CCCc1nc(CN(C)CCn2ccc(C)n2)no1. The van der Waals surface area contributed by atoms with E-state index in [2.05, 4.69) is 27.1 Å². The van der Waals surface area contributed by atoms with Crippen LogP contribution in [0.3, 0.4) is 0 Å². The Bertz CT molecular complexity index is 505. The van der Waals surface area contributed by atoms with Gasteiger partial charge in [-0.15, -0.1) is 0 Å². The van der Waals surface area contributed by atoms with Crippen LogP contribution in [0.15, 0.2) is 16.8 Å². The molecule has 0 unspecified atom stereocenters. The first kappa shape index (κ1) is 13.7. The minimum Gasteiger partial charge on any atom is -0.339 e. The van der Waals surface area contributed by atoms with Crippen molar-refractivity contribution in [2.75, 3.05) is 13.6 Å². The molecule has 104 valence electrons. The number of hydrogen-bond donors (Lipinski definition) is 0. The Kier molecular flexibility index (Phi) is 4.68. The Morgan fingerprint density at radius 2 is 2.26 bits per heavy atom. The summed E-state index contributed by atoms with van der Waals surface area (Å²) < 4.78 is 7.12. The molecule has 0 saturated carbocycles. The molecule has 2 heterocycles. The Balaban J connectivity index is 1.78. The maximum absolute atomic E-state index is 5.17. The number of rotatable bonds is 7. The topological polar surface area (TPSA) is 60.0 Å². The van der Waals surface area contributed by atoms with Crippen molar-refractivity contribution in [3.05, 3.63) is 29.7 Å². The van der Waals surface area contributed by atoms with Crippen LogP contribution in [0.2, 0.25) is 0 Å². The van der Waals surface area contributed by atoms with Crippen molar-refractivity contribution in [2.45, 2.75) is 39.8 Å². The molecule has 0 aliphatic carbocycles. The van der Waals surface area contributed by atoms with Gasteiger partial charge >= 0.3 is 0 Å². The van der Waals surface area contributed by atoms with Crippen LogP contribution in [0.25, 0.3) is 0 Å². The van der Waals surface area contributed by atoms with Gasteiger partial charge in [-0.3, -0.25) is 9.58 Å². The summed E-state index contributed by atoms with van der Waals surface area (Å²) in [5.41, 5.74) is 1.05. The molecule has 19 heavy (non-hydrogen) atoms. The Hall–Kier alpha value is -1.69. The number of aryl methyl sites for hydroxylation is 2. The summed E-state index contributed by atoms with van der Waals surface area (Å²) in [6.45, 7) is 6.56. The molecular weight excluding hydrogens is 242 g/mol. The number of aromatic nitrogens is 4. The fourth-order valence-electron chi connectivity index (χ4n) is 1.85. The lowest BCUT2D eigenvalue weighted by molar-refractivity contribution is 0.289. The van der Waals surface area contributed by atoms with Gasteiger partial charge in [0.2, 0.25) is 5.89 Å². The van der Waals surface area contributed by atoms with Gasteiger partial charge in [0, 0.05) is 19.2 Å². The van der Waals surface area contributed by atoms with Crippen molar-refractivity contribution in [1.82, 2.24) is 24.8 Å². The van der Waals surface area contributed by atoms with Crippen LogP contribution < -0.4 is 0 Å². The highest BCUT2D eigenvalue weighted by Crippen LogP contribution is 2.03. The predicted octanol–water partition coefficient (Wildman–Crippen LogP) is 1.66. The van der Waals surface area contributed by atoms with Crippen molar-refractivity contribution in [2.24, 2.45) is 0 Å². The molecule has 6 nitrogen and oxygen atoms in total. The minimum absolute atomic E-state index is 0.702. The molecule has 2 aromatic rings. The molecule has 0 aromatic carbocycles. The minimum atomic E-state index is 0.702.